The summed E-state index contributed by atoms with van der Waals surface area (Å²) in [6.07, 6.45) is 6.34. The van der Waals surface area contributed by atoms with Gasteiger partial charge in [-0.2, -0.15) is 5.26 Å². The Bertz CT molecular complexity index is 648. The zero-order valence-electron chi connectivity index (χ0n) is 12.0. The minimum Gasteiger partial charge on any atom is -0.497 e. The second kappa shape index (κ2) is 8.83. The van der Waals surface area contributed by atoms with E-state index in [0.29, 0.717) is 11.3 Å². The fourth-order valence-corrected chi connectivity index (χ4v) is 1.41. The summed E-state index contributed by atoms with van der Waals surface area (Å²) in [6.45, 7) is -0.453. The van der Waals surface area contributed by atoms with Crippen LogP contribution in [0.1, 0.15) is 5.56 Å². The molecule has 0 spiro atoms. The van der Waals surface area contributed by atoms with Gasteiger partial charge in [0.1, 0.15) is 17.4 Å². The molecule has 112 valence electrons. The summed E-state index contributed by atoms with van der Waals surface area (Å²) >= 11 is 0. The number of carbonyl (C=O) groups excluding carboxylic acids is 2. The van der Waals surface area contributed by atoms with Gasteiger partial charge < -0.3 is 14.8 Å². The molecule has 1 aromatic carbocycles. The summed E-state index contributed by atoms with van der Waals surface area (Å²) in [6, 6.07) is 8.49. The van der Waals surface area contributed by atoms with Crippen LogP contribution < -0.4 is 10.1 Å². The standard InChI is InChI=1S/C16H14N2O4/c1-3-8-18-15(19)11-22-16(20)13(10-17)9-12-4-6-14(21-2)7-5-12/h1,4-7,9H,8,11H2,2H3,(H,18,19)/b13-9+. The van der Waals surface area contributed by atoms with Crippen LogP contribution in [0.3, 0.4) is 0 Å². The van der Waals surface area contributed by atoms with E-state index in [4.69, 9.17) is 21.2 Å². The van der Waals surface area contributed by atoms with Gasteiger partial charge in [0, 0.05) is 0 Å². The summed E-state index contributed by atoms with van der Waals surface area (Å²) in [5.41, 5.74) is 0.418. The average molecular weight is 298 g/mol. The number of amides is 1. The lowest BCUT2D eigenvalue weighted by Crippen LogP contribution is -2.29. The van der Waals surface area contributed by atoms with Crippen LogP contribution in [-0.4, -0.2) is 32.1 Å². The normalized spacial score (nSPS) is 10.0. The number of hydrogen-bond donors (Lipinski definition) is 1. The molecule has 0 saturated heterocycles. The van der Waals surface area contributed by atoms with Gasteiger partial charge in [-0.25, -0.2) is 4.79 Å². The van der Waals surface area contributed by atoms with E-state index >= 15 is 0 Å². The summed E-state index contributed by atoms with van der Waals surface area (Å²) in [4.78, 5) is 23.0. The first kappa shape index (κ1) is 16.8. The Kier molecular flexibility index (Phi) is 6.74. The van der Waals surface area contributed by atoms with E-state index in [2.05, 4.69) is 11.2 Å². The van der Waals surface area contributed by atoms with Gasteiger partial charge in [-0.15, -0.1) is 6.42 Å². The van der Waals surface area contributed by atoms with Crippen molar-refractivity contribution in [3.05, 3.63) is 35.4 Å². The van der Waals surface area contributed by atoms with Crippen LogP contribution in [0.2, 0.25) is 0 Å². The molecule has 0 unspecified atom stereocenters. The molecule has 1 rings (SSSR count). The second-order valence-electron chi connectivity index (χ2n) is 4.00. The number of ether oxygens (including phenoxy) is 2. The molecular weight excluding hydrogens is 284 g/mol. The van der Waals surface area contributed by atoms with Crippen molar-refractivity contribution in [1.29, 1.82) is 5.26 Å². The van der Waals surface area contributed by atoms with Gasteiger partial charge in [-0.1, -0.05) is 18.1 Å². The topological polar surface area (TPSA) is 88.4 Å². The SMILES string of the molecule is C#CCNC(=O)COC(=O)/C(C#N)=C/c1ccc(OC)cc1. The van der Waals surface area contributed by atoms with Crippen molar-refractivity contribution in [2.24, 2.45) is 0 Å². The van der Waals surface area contributed by atoms with Crippen molar-refractivity contribution in [3.63, 3.8) is 0 Å². The lowest BCUT2D eigenvalue weighted by molar-refractivity contribution is -0.144. The third-order valence-electron chi connectivity index (χ3n) is 2.49. The van der Waals surface area contributed by atoms with Gasteiger partial charge in [0.25, 0.3) is 5.91 Å². The van der Waals surface area contributed by atoms with Crippen LogP contribution in [0.4, 0.5) is 0 Å². The van der Waals surface area contributed by atoms with Gasteiger partial charge in [-0.05, 0) is 23.8 Å². The third kappa shape index (κ3) is 5.40. The van der Waals surface area contributed by atoms with Gasteiger partial charge in [-0.3, -0.25) is 4.79 Å². The van der Waals surface area contributed by atoms with E-state index in [-0.39, 0.29) is 12.1 Å². The number of nitriles is 1. The maximum absolute atomic E-state index is 11.7. The van der Waals surface area contributed by atoms with Crippen LogP contribution in [0.25, 0.3) is 6.08 Å². The van der Waals surface area contributed by atoms with E-state index in [9.17, 15) is 9.59 Å². The minimum absolute atomic E-state index is 0.0448. The fraction of sp³-hybridized carbons (Fsp3) is 0.188. The van der Waals surface area contributed by atoms with Crippen molar-refractivity contribution in [1.82, 2.24) is 5.32 Å². The Morgan fingerprint density at radius 2 is 2.05 bits per heavy atom. The molecule has 0 aliphatic rings. The molecule has 1 aromatic rings. The highest BCUT2D eigenvalue weighted by Crippen LogP contribution is 2.14. The number of methoxy groups -OCH3 is 1. The Hall–Kier alpha value is -3.25. The molecule has 0 aliphatic carbocycles. The molecule has 0 bridgehead atoms. The number of benzene rings is 1. The highest BCUT2D eigenvalue weighted by molar-refractivity contribution is 5.98. The molecule has 1 amide bonds. The van der Waals surface area contributed by atoms with Gasteiger partial charge >= 0.3 is 5.97 Å². The van der Waals surface area contributed by atoms with E-state index < -0.39 is 18.5 Å². The highest BCUT2D eigenvalue weighted by Gasteiger charge is 2.12. The average Bonchev–Trinajstić information content (AvgIpc) is 2.56. The minimum atomic E-state index is -0.880. The number of terminal acetylenes is 1. The summed E-state index contributed by atoms with van der Waals surface area (Å²) in [7, 11) is 1.54. The predicted octanol–water partition coefficient (Wildman–Crippen LogP) is 0.895. The van der Waals surface area contributed by atoms with Crippen LogP contribution in [0, 0.1) is 23.7 Å². The molecule has 22 heavy (non-hydrogen) atoms. The van der Waals surface area contributed by atoms with Crippen LogP contribution in [-0.2, 0) is 14.3 Å². The van der Waals surface area contributed by atoms with Crippen molar-refractivity contribution in [2.45, 2.75) is 0 Å². The molecular formula is C16H14N2O4. The van der Waals surface area contributed by atoms with Crippen molar-refractivity contribution in [2.75, 3.05) is 20.3 Å². The molecule has 0 aromatic heterocycles. The maximum Gasteiger partial charge on any atom is 0.349 e. The maximum atomic E-state index is 11.7. The first-order chi connectivity index (χ1) is 10.6. The second-order valence-corrected chi connectivity index (χ2v) is 4.00. The molecule has 0 aliphatic heterocycles. The van der Waals surface area contributed by atoms with Gasteiger partial charge in [0.05, 0.1) is 13.7 Å². The Labute approximate surface area is 128 Å². The van der Waals surface area contributed by atoms with E-state index in [1.165, 1.54) is 13.2 Å². The number of nitrogens with zero attached hydrogens (tertiary/aromatic N) is 1. The van der Waals surface area contributed by atoms with Gasteiger partial charge in [0.2, 0.25) is 0 Å². The Morgan fingerprint density at radius 1 is 1.36 bits per heavy atom. The largest absolute Gasteiger partial charge is 0.497 e. The number of nitrogens with one attached hydrogen (secondary N) is 1. The smallest absolute Gasteiger partial charge is 0.349 e. The van der Waals surface area contributed by atoms with Crippen LogP contribution in [0.5, 0.6) is 5.75 Å². The molecule has 0 atom stereocenters. The monoisotopic (exact) mass is 298 g/mol. The summed E-state index contributed by atoms with van der Waals surface area (Å²) in [5, 5.41) is 11.3. The lowest BCUT2D eigenvalue weighted by Gasteiger charge is -2.04. The van der Waals surface area contributed by atoms with Gasteiger partial charge in [0.15, 0.2) is 6.61 Å². The molecule has 0 radical (unpaired) electrons. The summed E-state index contributed by atoms with van der Waals surface area (Å²) in [5.74, 6) is 1.46. The van der Waals surface area contributed by atoms with Crippen molar-refractivity contribution in [3.8, 4) is 24.2 Å². The van der Waals surface area contributed by atoms with Crippen molar-refractivity contribution < 1.29 is 19.1 Å². The van der Waals surface area contributed by atoms with E-state index in [0.717, 1.165) is 0 Å². The number of esters is 1. The summed E-state index contributed by atoms with van der Waals surface area (Å²) < 4.78 is 9.75. The number of rotatable bonds is 6. The number of hydrogen-bond acceptors (Lipinski definition) is 5. The van der Waals surface area contributed by atoms with E-state index in [1.807, 2.05) is 0 Å². The first-order valence-electron chi connectivity index (χ1n) is 6.24. The zero-order chi connectivity index (χ0) is 16.4. The Morgan fingerprint density at radius 3 is 2.59 bits per heavy atom. The molecule has 0 fully saturated rings. The van der Waals surface area contributed by atoms with Crippen LogP contribution >= 0.6 is 0 Å². The molecule has 6 heteroatoms. The quantitative estimate of drug-likeness (QED) is 0.365. The fourth-order valence-electron chi connectivity index (χ4n) is 1.41. The molecule has 0 heterocycles. The van der Waals surface area contributed by atoms with Crippen molar-refractivity contribution >= 4 is 18.0 Å². The first-order valence-corrected chi connectivity index (χ1v) is 6.24. The van der Waals surface area contributed by atoms with E-state index in [1.54, 1.807) is 30.3 Å². The third-order valence-corrected chi connectivity index (χ3v) is 2.49. The molecule has 0 saturated carbocycles. The number of carbonyl (C=O) groups is 2. The lowest BCUT2D eigenvalue weighted by atomic mass is 10.1. The molecule has 6 nitrogen and oxygen atoms in total. The predicted molar refractivity (Wildman–Crippen MR) is 79.4 cm³/mol. The Balaban J connectivity index is 2.68. The van der Waals surface area contributed by atoms with Crippen LogP contribution in [0.15, 0.2) is 29.8 Å². The highest BCUT2D eigenvalue weighted by atomic mass is 16.5. The zero-order valence-corrected chi connectivity index (χ0v) is 12.0. The molecule has 1 N–H and O–H groups in total.